The van der Waals surface area contributed by atoms with Crippen molar-refractivity contribution in [3.05, 3.63) is 61.2 Å². The van der Waals surface area contributed by atoms with E-state index in [1.165, 1.54) is 0 Å². The summed E-state index contributed by atoms with van der Waals surface area (Å²) in [6, 6.07) is 8.99. The predicted molar refractivity (Wildman–Crippen MR) is 143 cm³/mol. The van der Waals surface area contributed by atoms with E-state index >= 15 is 0 Å². The molecule has 1 N–H and O–H groups in total. The number of rotatable bonds is 12. The van der Waals surface area contributed by atoms with Crippen molar-refractivity contribution in [1.29, 1.82) is 0 Å². The van der Waals surface area contributed by atoms with E-state index in [0.717, 1.165) is 5.56 Å². The van der Waals surface area contributed by atoms with E-state index in [-0.39, 0.29) is 47.6 Å². The number of hydrogen-bond donors (Lipinski definition) is 1. The molecule has 0 radical (unpaired) electrons. The monoisotopic (exact) mass is 576 g/mol. The number of ether oxygens (including phenoxy) is 1. The van der Waals surface area contributed by atoms with Crippen LogP contribution in [0.25, 0.3) is 0 Å². The SMILES string of the molecule is C=CCCOC(=O)[C@H]1[C@H]2C(=O)N(CCCO)C(C(=O)N(CC=C)Cc3ccccc3)C23CC(Br)[C@@H]1S3. The topological polar surface area (TPSA) is 87.1 Å². The molecule has 6 atom stereocenters. The van der Waals surface area contributed by atoms with Crippen LogP contribution in [0.2, 0.25) is 0 Å². The highest BCUT2D eigenvalue weighted by molar-refractivity contribution is 9.09. The van der Waals surface area contributed by atoms with Crippen LogP contribution >= 0.6 is 27.7 Å². The lowest BCUT2D eigenvalue weighted by Gasteiger charge is -2.37. The number of carbonyl (C=O) groups excluding carboxylic acids is 3. The van der Waals surface area contributed by atoms with Gasteiger partial charge in [0, 0.05) is 36.3 Å². The minimum absolute atomic E-state index is 0.0152. The Bertz CT molecular complexity index is 1010. The molecule has 4 rings (SSSR count). The maximum atomic E-state index is 14.2. The molecule has 36 heavy (non-hydrogen) atoms. The molecule has 194 valence electrons. The molecule has 3 fully saturated rings. The number of amides is 2. The van der Waals surface area contributed by atoms with Gasteiger partial charge in [0.2, 0.25) is 11.8 Å². The molecular formula is C27H33BrN2O5S. The smallest absolute Gasteiger partial charge is 0.310 e. The molecule has 2 amide bonds. The first-order valence-corrected chi connectivity index (χ1v) is 14.1. The van der Waals surface area contributed by atoms with Crippen LogP contribution < -0.4 is 0 Å². The van der Waals surface area contributed by atoms with Crippen LogP contribution in [0.15, 0.2) is 55.6 Å². The number of aliphatic hydroxyl groups excluding tert-OH is 1. The fourth-order valence-electron chi connectivity index (χ4n) is 5.86. The molecule has 3 unspecified atom stereocenters. The number of thioether (sulfide) groups is 1. The molecule has 1 aromatic rings. The Balaban J connectivity index is 1.69. The molecule has 3 aliphatic rings. The van der Waals surface area contributed by atoms with Gasteiger partial charge in [-0.25, -0.2) is 0 Å². The van der Waals surface area contributed by atoms with Gasteiger partial charge in [0.15, 0.2) is 0 Å². The minimum atomic E-state index is -0.735. The zero-order valence-electron chi connectivity index (χ0n) is 20.3. The Morgan fingerprint density at radius 1 is 1.28 bits per heavy atom. The van der Waals surface area contributed by atoms with E-state index < -0.39 is 22.6 Å². The first-order valence-electron chi connectivity index (χ1n) is 12.3. The first-order chi connectivity index (χ1) is 17.4. The molecule has 3 saturated heterocycles. The van der Waals surface area contributed by atoms with Crippen LogP contribution in [0, 0.1) is 11.8 Å². The number of fused-ring (bicyclic) bond motifs is 1. The van der Waals surface area contributed by atoms with Crippen molar-refractivity contribution in [3.63, 3.8) is 0 Å². The summed E-state index contributed by atoms with van der Waals surface area (Å²) in [5.41, 5.74) is 0.985. The summed E-state index contributed by atoms with van der Waals surface area (Å²) in [6.45, 7) is 8.63. The van der Waals surface area contributed by atoms with E-state index in [9.17, 15) is 19.5 Å². The normalized spacial score (nSPS) is 30.2. The van der Waals surface area contributed by atoms with Crippen LogP contribution in [0.5, 0.6) is 0 Å². The van der Waals surface area contributed by atoms with Gasteiger partial charge in [0.05, 0.1) is 23.2 Å². The molecule has 7 nitrogen and oxygen atoms in total. The summed E-state index contributed by atoms with van der Waals surface area (Å²) in [6.07, 6.45) is 4.88. The maximum Gasteiger partial charge on any atom is 0.310 e. The van der Waals surface area contributed by atoms with Gasteiger partial charge in [0.25, 0.3) is 0 Å². The molecular weight excluding hydrogens is 544 g/mol. The van der Waals surface area contributed by atoms with Crippen molar-refractivity contribution in [2.75, 3.05) is 26.3 Å². The van der Waals surface area contributed by atoms with Crippen LogP contribution in [-0.2, 0) is 25.7 Å². The third-order valence-corrected chi connectivity index (χ3v) is 10.5. The molecule has 3 heterocycles. The van der Waals surface area contributed by atoms with Gasteiger partial charge in [-0.2, -0.15) is 0 Å². The number of alkyl halides is 1. The second kappa shape index (κ2) is 11.5. The summed E-state index contributed by atoms with van der Waals surface area (Å²) in [4.78, 5) is 44.7. The molecule has 0 saturated carbocycles. The van der Waals surface area contributed by atoms with Gasteiger partial charge in [-0.1, -0.05) is 58.4 Å². The van der Waals surface area contributed by atoms with E-state index in [1.807, 2.05) is 30.3 Å². The summed E-state index contributed by atoms with van der Waals surface area (Å²) in [5, 5.41) is 9.37. The number of nitrogens with zero attached hydrogens (tertiary/aromatic N) is 2. The Hall–Kier alpha value is -2.10. The van der Waals surface area contributed by atoms with Crippen LogP contribution in [0.4, 0.5) is 0 Å². The lowest BCUT2D eigenvalue weighted by atomic mass is 9.71. The number of carbonyl (C=O) groups is 3. The van der Waals surface area contributed by atoms with Gasteiger partial charge < -0.3 is 19.6 Å². The fourth-order valence-corrected chi connectivity index (χ4v) is 9.46. The van der Waals surface area contributed by atoms with E-state index in [4.69, 9.17) is 4.74 Å². The number of aliphatic hydroxyl groups is 1. The average molecular weight is 578 g/mol. The number of benzene rings is 1. The van der Waals surface area contributed by atoms with E-state index in [2.05, 4.69) is 29.1 Å². The summed E-state index contributed by atoms with van der Waals surface area (Å²) < 4.78 is 4.80. The first kappa shape index (κ1) is 26.9. The zero-order chi connectivity index (χ0) is 25.9. The van der Waals surface area contributed by atoms with Crippen molar-refractivity contribution in [2.45, 2.75) is 46.7 Å². The predicted octanol–water partition coefficient (Wildman–Crippen LogP) is 3.17. The number of hydrogen-bond acceptors (Lipinski definition) is 6. The standard InChI is InChI=1S/C27H33BrN2O5S/c1-3-5-15-35-26(34)20-21-24(32)30(13-9-14-31)23(27(21)16-19(28)22(20)36-27)25(33)29(12-4-2)17-18-10-7-6-8-11-18/h3-4,6-8,10-11,19-23,31H,1-2,5,9,12-17H2/t19?,20-,21-,22-,23?,27?/m0/s1. The zero-order valence-corrected chi connectivity index (χ0v) is 22.7. The molecule has 9 heteroatoms. The summed E-state index contributed by atoms with van der Waals surface area (Å²) >= 11 is 5.34. The van der Waals surface area contributed by atoms with Crippen molar-refractivity contribution in [1.82, 2.24) is 9.80 Å². The Morgan fingerprint density at radius 3 is 2.69 bits per heavy atom. The fraction of sp³-hybridized carbons (Fsp3) is 0.519. The summed E-state index contributed by atoms with van der Waals surface area (Å²) in [5.74, 6) is -1.99. The van der Waals surface area contributed by atoms with Crippen molar-refractivity contribution < 1.29 is 24.2 Å². The van der Waals surface area contributed by atoms with Gasteiger partial charge in [-0.15, -0.1) is 24.9 Å². The van der Waals surface area contributed by atoms with Crippen molar-refractivity contribution in [2.24, 2.45) is 11.8 Å². The van der Waals surface area contributed by atoms with Crippen molar-refractivity contribution in [3.8, 4) is 0 Å². The third kappa shape index (κ3) is 4.77. The maximum absolute atomic E-state index is 14.2. The van der Waals surface area contributed by atoms with E-state index in [1.54, 1.807) is 33.7 Å². The van der Waals surface area contributed by atoms with Crippen molar-refractivity contribution >= 4 is 45.5 Å². The van der Waals surface area contributed by atoms with Gasteiger partial charge in [-0.05, 0) is 24.8 Å². The highest BCUT2D eigenvalue weighted by Crippen LogP contribution is 2.68. The van der Waals surface area contributed by atoms with Gasteiger partial charge in [-0.3, -0.25) is 14.4 Å². The highest BCUT2D eigenvalue weighted by atomic mass is 79.9. The highest BCUT2D eigenvalue weighted by Gasteiger charge is 2.76. The Kier molecular flexibility index (Phi) is 8.63. The molecule has 1 spiro atoms. The second-order valence-electron chi connectivity index (χ2n) is 9.51. The third-order valence-electron chi connectivity index (χ3n) is 7.30. The lowest BCUT2D eigenvalue weighted by molar-refractivity contribution is -0.154. The largest absolute Gasteiger partial charge is 0.465 e. The lowest BCUT2D eigenvalue weighted by Crippen LogP contribution is -2.55. The average Bonchev–Trinajstić information content (AvgIpc) is 3.46. The summed E-state index contributed by atoms with van der Waals surface area (Å²) in [7, 11) is 0. The minimum Gasteiger partial charge on any atom is -0.465 e. The molecule has 2 bridgehead atoms. The number of halogens is 1. The van der Waals surface area contributed by atoms with Crippen LogP contribution in [-0.4, -0.2) is 79.9 Å². The Morgan fingerprint density at radius 2 is 2.03 bits per heavy atom. The molecule has 0 aromatic heterocycles. The quantitative estimate of drug-likeness (QED) is 0.178. The number of likely N-dealkylation sites (tertiary alicyclic amines) is 1. The molecule has 0 aliphatic carbocycles. The number of esters is 1. The molecule has 1 aromatic carbocycles. The van der Waals surface area contributed by atoms with Crippen LogP contribution in [0.1, 0.15) is 24.8 Å². The second-order valence-corrected chi connectivity index (χ2v) is 12.2. The molecule has 3 aliphatic heterocycles. The van der Waals surface area contributed by atoms with E-state index in [0.29, 0.717) is 32.4 Å². The Labute approximate surface area is 225 Å². The van der Waals surface area contributed by atoms with Crippen LogP contribution in [0.3, 0.4) is 0 Å². The van der Waals surface area contributed by atoms with Gasteiger partial charge >= 0.3 is 5.97 Å². The van der Waals surface area contributed by atoms with Gasteiger partial charge in [0.1, 0.15) is 6.04 Å².